The Labute approximate surface area is 260 Å². The van der Waals surface area contributed by atoms with Gasteiger partial charge in [-0.1, -0.05) is 80.4 Å². The number of carboxylic acids is 2. The predicted octanol–water partition coefficient (Wildman–Crippen LogP) is 4.66. The summed E-state index contributed by atoms with van der Waals surface area (Å²) >= 11 is 0. The Morgan fingerprint density at radius 3 is 1.82 bits per heavy atom. The van der Waals surface area contributed by atoms with E-state index in [1.807, 2.05) is 43.3 Å². The van der Waals surface area contributed by atoms with Crippen molar-refractivity contribution in [3.05, 3.63) is 102 Å². The number of aldehydes is 1. The topological polar surface area (TPSA) is 199 Å². The molecular weight excluding hydrogens is 560 g/mol. The number of unbranched alkanes of at least 4 members (excludes halogenated alkanes) is 2. The monoisotopic (exact) mass is 608 g/mol. The number of nitrogens with one attached hydrogen (secondary N) is 1. The molecule has 0 aliphatic carbocycles. The minimum Gasteiger partial charge on any atom is -0.481 e. The summed E-state index contributed by atoms with van der Waals surface area (Å²) in [5.74, 6) is -1.70. The highest BCUT2D eigenvalue weighted by atomic mass is 16.4. The highest BCUT2D eigenvalue weighted by Gasteiger charge is 2.09. The maximum absolute atomic E-state index is 11.3. The normalized spacial score (nSPS) is 10.3. The lowest BCUT2D eigenvalue weighted by Gasteiger charge is -2.04. The van der Waals surface area contributed by atoms with Crippen molar-refractivity contribution in [2.24, 2.45) is 17.2 Å². The fourth-order valence-electron chi connectivity index (χ4n) is 3.42. The van der Waals surface area contributed by atoms with Crippen LogP contribution < -0.4 is 22.5 Å². The second-order valence-electron chi connectivity index (χ2n) is 9.70. The summed E-state index contributed by atoms with van der Waals surface area (Å²) in [6, 6.07) is 25.5. The van der Waals surface area contributed by atoms with Crippen LogP contribution in [0.15, 0.2) is 84.9 Å². The molecule has 10 nitrogen and oxygen atoms in total. The summed E-state index contributed by atoms with van der Waals surface area (Å²) in [7, 11) is 0. The Bertz CT molecular complexity index is 1180. The number of amides is 1. The van der Waals surface area contributed by atoms with Crippen molar-refractivity contribution >= 4 is 29.8 Å². The molecule has 1 atom stereocenters. The third kappa shape index (κ3) is 22.2. The quantitative estimate of drug-likeness (QED) is 0.111. The minimum atomic E-state index is -0.933. The van der Waals surface area contributed by atoms with E-state index in [9.17, 15) is 19.2 Å². The van der Waals surface area contributed by atoms with Crippen molar-refractivity contribution in [2.75, 3.05) is 18.4 Å². The van der Waals surface area contributed by atoms with Crippen LogP contribution in [0.3, 0.4) is 0 Å². The number of hydrogen-bond acceptors (Lipinski definition) is 7. The van der Waals surface area contributed by atoms with Crippen LogP contribution in [-0.2, 0) is 27.2 Å². The molecule has 0 aliphatic rings. The number of aliphatic carboxylic acids is 2. The number of carbonyl (C=O) groups excluding carboxylic acids is 2. The summed E-state index contributed by atoms with van der Waals surface area (Å²) in [6.07, 6.45) is 6.50. The first kappa shape index (κ1) is 39.6. The second kappa shape index (κ2) is 26.3. The van der Waals surface area contributed by atoms with Gasteiger partial charge < -0.3 is 32.7 Å². The van der Waals surface area contributed by atoms with Crippen LogP contribution in [0.2, 0.25) is 0 Å². The molecule has 3 rings (SSSR count). The molecule has 44 heavy (non-hydrogen) atoms. The molecule has 1 amide bonds. The summed E-state index contributed by atoms with van der Waals surface area (Å²) in [4.78, 5) is 42.0. The van der Waals surface area contributed by atoms with Crippen molar-refractivity contribution in [3.63, 3.8) is 0 Å². The first-order valence-electron chi connectivity index (χ1n) is 14.7. The highest BCUT2D eigenvalue weighted by molar-refractivity contribution is 5.91. The summed E-state index contributed by atoms with van der Waals surface area (Å²) in [6.45, 7) is 3.39. The van der Waals surface area contributed by atoms with Gasteiger partial charge >= 0.3 is 11.9 Å². The van der Waals surface area contributed by atoms with Crippen LogP contribution >= 0.6 is 0 Å². The van der Waals surface area contributed by atoms with Crippen LogP contribution in [0.4, 0.5) is 5.69 Å². The van der Waals surface area contributed by atoms with Gasteiger partial charge in [-0.25, -0.2) is 0 Å². The molecular formula is C34H48N4O6. The average Bonchev–Trinajstić information content (AvgIpc) is 3.02. The number of rotatable bonds is 14. The van der Waals surface area contributed by atoms with Gasteiger partial charge in [0.05, 0.1) is 6.42 Å². The summed E-state index contributed by atoms with van der Waals surface area (Å²) in [5, 5.41) is 19.5. The van der Waals surface area contributed by atoms with Crippen molar-refractivity contribution in [3.8, 4) is 0 Å². The molecule has 0 bridgehead atoms. The molecule has 0 heterocycles. The Kier molecular flexibility index (Phi) is 23.6. The van der Waals surface area contributed by atoms with Crippen molar-refractivity contribution < 1.29 is 29.4 Å². The lowest BCUT2D eigenvalue weighted by Crippen LogP contribution is -2.29. The van der Waals surface area contributed by atoms with Gasteiger partial charge in [-0.05, 0) is 74.2 Å². The molecule has 10 heteroatoms. The molecule has 9 N–H and O–H groups in total. The van der Waals surface area contributed by atoms with E-state index < -0.39 is 18.0 Å². The third-order valence-electron chi connectivity index (χ3n) is 5.85. The fourth-order valence-corrected chi connectivity index (χ4v) is 3.42. The minimum absolute atomic E-state index is 0.0238. The molecule has 3 aromatic rings. The van der Waals surface area contributed by atoms with E-state index in [0.717, 1.165) is 56.2 Å². The molecule has 0 fully saturated rings. The van der Waals surface area contributed by atoms with Gasteiger partial charge in [0, 0.05) is 17.7 Å². The van der Waals surface area contributed by atoms with Crippen LogP contribution in [0, 0.1) is 0 Å². The summed E-state index contributed by atoms with van der Waals surface area (Å²) in [5.41, 5.74) is 19.3. The SMILES string of the molecule is CCCCC(=O)Nc1ccc(C=O)cc1.NCCCC[C@H](N)C(=O)O.NCCc1ccccc1.O=C(O)Cc1ccccc1. The van der Waals surface area contributed by atoms with Crippen LogP contribution in [0.25, 0.3) is 0 Å². The molecule has 0 aliphatic heterocycles. The Morgan fingerprint density at radius 1 is 0.795 bits per heavy atom. The van der Waals surface area contributed by atoms with E-state index in [4.69, 9.17) is 27.4 Å². The molecule has 0 unspecified atom stereocenters. The number of anilines is 1. The maximum Gasteiger partial charge on any atom is 0.320 e. The number of nitrogens with two attached hydrogens (primary N) is 3. The Hall–Kier alpha value is -4.38. The number of carboxylic acid groups (broad SMARTS) is 2. The smallest absolute Gasteiger partial charge is 0.320 e. The lowest BCUT2D eigenvalue weighted by atomic mass is 10.1. The Morgan fingerprint density at radius 2 is 1.36 bits per heavy atom. The third-order valence-corrected chi connectivity index (χ3v) is 5.85. The largest absolute Gasteiger partial charge is 0.481 e. The molecule has 0 saturated heterocycles. The van der Waals surface area contributed by atoms with E-state index in [2.05, 4.69) is 17.4 Å². The van der Waals surface area contributed by atoms with Gasteiger partial charge in [-0.15, -0.1) is 0 Å². The first-order chi connectivity index (χ1) is 21.2. The summed E-state index contributed by atoms with van der Waals surface area (Å²) < 4.78 is 0. The highest BCUT2D eigenvalue weighted by Crippen LogP contribution is 2.09. The Balaban J connectivity index is 0.000000573. The molecule has 0 radical (unpaired) electrons. The van der Waals surface area contributed by atoms with Crippen LogP contribution in [-0.4, -0.2) is 53.5 Å². The zero-order chi connectivity index (χ0) is 33.0. The van der Waals surface area contributed by atoms with E-state index in [1.165, 1.54) is 5.56 Å². The van der Waals surface area contributed by atoms with Crippen molar-refractivity contribution in [2.45, 2.75) is 64.3 Å². The molecule has 240 valence electrons. The zero-order valence-electron chi connectivity index (χ0n) is 25.6. The maximum atomic E-state index is 11.3. The molecule has 0 aromatic heterocycles. The van der Waals surface area contributed by atoms with Crippen LogP contribution in [0.5, 0.6) is 0 Å². The van der Waals surface area contributed by atoms with Gasteiger partial charge in [0.25, 0.3) is 0 Å². The second-order valence-corrected chi connectivity index (χ2v) is 9.70. The lowest BCUT2D eigenvalue weighted by molar-refractivity contribution is -0.139. The number of hydrogen-bond donors (Lipinski definition) is 6. The first-order valence-corrected chi connectivity index (χ1v) is 14.7. The van der Waals surface area contributed by atoms with Gasteiger partial charge in [-0.2, -0.15) is 0 Å². The molecule has 0 spiro atoms. The fraction of sp³-hybridized carbons (Fsp3) is 0.353. The number of carbonyl (C=O) groups is 4. The zero-order valence-corrected chi connectivity index (χ0v) is 25.6. The molecule has 0 saturated carbocycles. The van der Waals surface area contributed by atoms with Gasteiger partial charge in [0.1, 0.15) is 12.3 Å². The van der Waals surface area contributed by atoms with Gasteiger partial charge in [0.2, 0.25) is 5.91 Å². The van der Waals surface area contributed by atoms with E-state index in [-0.39, 0.29) is 12.3 Å². The van der Waals surface area contributed by atoms with E-state index >= 15 is 0 Å². The van der Waals surface area contributed by atoms with Gasteiger partial charge in [0.15, 0.2) is 0 Å². The molecule has 3 aromatic carbocycles. The number of benzene rings is 3. The predicted molar refractivity (Wildman–Crippen MR) is 175 cm³/mol. The van der Waals surface area contributed by atoms with E-state index in [0.29, 0.717) is 24.9 Å². The van der Waals surface area contributed by atoms with E-state index in [1.54, 1.807) is 36.4 Å². The van der Waals surface area contributed by atoms with Crippen molar-refractivity contribution in [1.29, 1.82) is 0 Å². The van der Waals surface area contributed by atoms with Crippen LogP contribution in [0.1, 0.15) is 66.9 Å². The van der Waals surface area contributed by atoms with Gasteiger partial charge in [-0.3, -0.25) is 19.2 Å². The van der Waals surface area contributed by atoms with Crippen molar-refractivity contribution in [1.82, 2.24) is 0 Å². The average molecular weight is 609 g/mol. The standard InChI is InChI=1S/C12H15NO2.C8H11N.C8H8O2.C6H14N2O2/c1-2-3-4-12(15)13-11-7-5-10(9-14)6-8-11;9-7-6-8-4-2-1-3-5-8;9-8(10)6-7-4-2-1-3-5-7;7-4-2-1-3-5(8)6(9)10/h5-9H,2-4H2,1H3,(H,13,15);1-5H,6-7,9H2;1-5H,6H2,(H,9,10);5H,1-4,7-8H2,(H,9,10)/t;;;5-/m...0/s1.